The van der Waals surface area contributed by atoms with Crippen molar-refractivity contribution in [3.8, 4) is 16.9 Å². The van der Waals surface area contributed by atoms with Crippen LogP contribution in [0, 0.1) is 6.92 Å². The highest BCUT2D eigenvalue weighted by Crippen LogP contribution is 2.33. The number of nitrogens with zero attached hydrogens (tertiary/aromatic N) is 1. The van der Waals surface area contributed by atoms with E-state index in [0.29, 0.717) is 28.3 Å². The highest BCUT2D eigenvalue weighted by Gasteiger charge is 2.20. The molecule has 0 amide bonds. The SMILES string of the molecule is Cc1c(-c2ccc(Cl)cc2)c(=O)oc2c(CN3CCCCC3)c(O)ccc12. The standard InChI is InChI=1S/C22H22ClNO3/c1-14-17-9-10-19(25)18(13-24-11-3-2-4-12-24)21(17)27-22(26)20(14)15-5-7-16(23)8-6-15/h5-10,25H,2-4,11-13H2,1H3. The Balaban J connectivity index is 1.85. The number of likely N-dealkylation sites (tertiary alicyclic amines) is 1. The van der Waals surface area contributed by atoms with Gasteiger partial charge < -0.3 is 9.52 Å². The van der Waals surface area contributed by atoms with Crippen LogP contribution in [-0.2, 0) is 6.54 Å². The zero-order valence-corrected chi connectivity index (χ0v) is 16.1. The number of rotatable bonds is 3. The average Bonchev–Trinajstić information content (AvgIpc) is 2.66. The lowest BCUT2D eigenvalue weighted by atomic mass is 9.97. The third kappa shape index (κ3) is 3.47. The van der Waals surface area contributed by atoms with Crippen molar-refractivity contribution >= 4 is 22.6 Å². The molecule has 4 rings (SSSR count). The van der Waals surface area contributed by atoms with E-state index >= 15 is 0 Å². The van der Waals surface area contributed by atoms with Crippen LogP contribution in [0.4, 0.5) is 0 Å². The first-order chi connectivity index (χ1) is 13.0. The molecule has 0 aliphatic carbocycles. The molecule has 1 N–H and O–H groups in total. The molecule has 27 heavy (non-hydrogen) atoms. The Morgan fingerprint density at radius 2 is 1.78 bits per heavy atom. The molecule has 1 aliphatic heterocycles. The van der Waals surface area contributed by atoms with Crippen molar-refractivity contribution in [1.29, 1.82) is 0 Å². The van der Waals surface area contributed by atoms with Crippen LogP contribution in [0.3, 0.4) is 0 Å². The number of hydrogen-bond donors (Lipinski definition) is 1. The van der Waals surface area contributed by atoms with E-state index in [-0.39, 0.29) is 5.75 Å². The number of fused-ring (bicyclic) bond motifs is 1. The average molecular weight is 384 g/mol. The zero-order valence-electron chi connectivity index (χ0n) is 15.3. The number of aryl methyl sites for hydroxylation is 1. The molecule has 0 saturated carbocycles. The van der Waals surface area contributed by atoms with Gasteiger partial charge in [-0.15, -0.1) is 0 Å². The molecule has 2 aromatic carbocycles. The molecule has 4 nitrogen and oxygen atoms in total. The first-order valence-electron chi connectivity index (χ1n) is 9.31. The van der Waals surface area contributed by atoms with E-state index in [2.05, 4.69) is 4.90 Å². The van der Waals surface area contributed by atoms with E-state index < -0.39 is 5.63 Å². The second-order valence-electron chi connectivity index (χ2n) is 7.17. The van der Waals surface area contributed by atoms with E-state index in [4.69, 9.17) is 16.0 Å². The van der Waals surface area contributed by atoms with Gasteiger partial charge in [0.15, 0.2) is 0 Å². The summed E-state index contributed by atoms with van der Waals surface area (Å²) in [5.41, 5.74) is 2.95. The third-order valence-electron chi connectivity index (χ3n) is 5.38. The zero-order chi connectivity index (χ0) is 19.0. The summed E-state index contributed by atoms with van der Waals surface area (Å²) in [5.74, 6) is 0.176. The van der Waals surface area contributed by atoms with Crippen LogP contribution < -0.4 is 5.63 Å². The number of halogens is 1. The minimum Gasteiger partial charge on any atom is -0.507 e. The first-order valence-corrected chi connectivity index (χ1v) is 9.69. The highest BCUT2D eigenvalue weighted by atomic mass is 35.5. The Labute approximate surface area is 163 Å². The van der Waals surface area contributed by atoms with Crippen molar-refractivity contribution in [3.05, 3.63) is 63.0 Å². The van der Waals surface area contributed by atoms with Gasteiger partial charge in [-0.3, -0.25) is 4.90 Å². The van der Waals surface area contributed by atoms with E-state index in [9.17, 15) is 9.90 Å². The van der Waals surface area contributed by atoms with Crippen LogP contribution in [0.15, 0.2) is 45.6 Å². The maximum absolute atomic E-state index is 12.8. The second-order valence-corrected chi connectivity index (χ2v) is 7.61. The Bertz CT molecular complexity index is 1030. The molecule has 2 heterocycles. The van der Waals surface area contributed by atoms with E-state index in [1.807, 2.05) is 25.1 Å². The lowest BCUT2D eigenvalue weighted by Crippen LogP contribution is -2.29. The normalized spacial score (nSPS) is 15.3. The molecule has 1 aliphatic rings. The predicted molar refractivity (Wildman–Crippen MR) is 108 cm³/mol. The number of aromatic hydroxyl groups is 1. The van der Waals surface area contributed by atoms with Gasteiger partial charge in [-0.1, -0.05) is 30.2 Å². The Hall–Kier alpha value is -2.30. The van der Waals surface area contributed by atoms with E-state index in [0.717, 1.165) is 42.4 Å². The number of phenols is 1. The molecule has 0 atom stereocenters. The van der Waals surface area contributed by atoms with Crippen molar-refractivity contribution in [2.24, 2.45) is 0 Å². The second kappa shape index (κ2) is 7.37. The summed E-state index contributed by atoms with van der Waals surface area (Å²) in [6, 6.07) is 10.7. The Morgan fingerprint density at radius 1 is 1.07 bits per heavy atom. The number of hydrogen-bond acceptors (Lipinski definition) is 4. The Morgan fingerprint density at radius 3 is 2.48 bits per heavy atom. The van der Waals surface area contributed by atoms with Gasteiger partial charge in [0.25, 0.3) is 0 Å². The number of benzene rings is 2. The number of piperidine rings is 1. The van der Waals surface area contributed by atoms with Gasteiger partial charge in [-0.05, 0) is 68.2 Å². The molecular weight excluding hydrogens is 362 g/mol. The molecule has 3 aromatic rings. The smallest absolute Gasteiger partial charge is 0.344 e. The van der Waals surface area contributed by atoms with Crippen LogP contribution in [0.5, 0.6) is 5.75 Å². The quantitative estimate of drug-likeness (QED) is 0.638. The van der Waals surface area contributed by atoms with Gasteiger partial charge in [-0.2, -0.15) is 0 Å². The van der Waals surface area contributed by atoms with Crippen molar-refractivity contribution in [2.45, 2.75) is 32.7 Å². The molecule has 1 saturated heterocycles. The van der Waals surface area contributed by atoms with Gasteiger partial charge in [-0.25, -0.2) is 4.79 Å². The molecule has 0 unspecified atom stereocenters. The van der Waals surface area contributed by atoms with Gasteiger partial charge in [0.1, 0.15) is 11.3 Å². The van der Waals surface area contributed by atoms with Crippen LogP contribution in [0.2, 0.25) is 5.02 Å². The highest BCUT2D eigenvalue weighted by molar-refractivity contribution is 6.30. The first kappa shape index (κ1) is 18.1. The van der Waals surface area contributed by atoms with Gasteiger partial charge >= 0.3 is 5.63 Å². The number of phenolic OH excluding ortho intramolecular Hbond substituents is 1. The lowest BCUT2D eigenvalue weighted by Gasteiger charge is -2.27. The molecule has 1 fully saturated rings. The summed E-state index contributed by atoms with van der Waals surface area (Å²) >= 11 is 5.97. The van der Waals surface area contributed by atoms with Crippen molar-refractivity contribution in [2.75, 3.05) is 13.1 Å². The minimum atomic E-state index is -0.396. The topological polar surface area (TPSA) is 53.7 Å². The monoisotopic (exact) mass is 383 g/mol. The van der Waals surface area contributed by atoms with Gasteiger partial charge in [0.2, 0.25) is 0 Å². The van der Waals surface area contributed by atoms with Gasteiger partial charge in [0, 0.05) is 17.0 Å². The molecule has 140 valence electrons. The fourth-order valence-corrected chi connectivity index (χ4v) is 4.03. The Kier molecular flexibility index (Phi) is 4.94. The van der Waals surface area contributed by atoms with Crippen molar-refractivity contribution in [3.63, 3.8) is 0 Å². The lowest BCUT2D eigenvalue weighted by molar-refractivity contribution is 0.218. The van der Waals surface area contributed by atoms with Crippen LogP contribution >= 0.6 is 11.6 Å². The summed E-state index contributed by atoms with van der Waals surface area (Å²) in [5, 5.41) is 11.9. The largest absolute Gasteiger partial charge is 0.507 e. The van der Waals surface area contributed by atoms with E-state index in [1.54, 1.807) is 18.2 Å². The molecule has 0 spiro atoms. The molecule has 0 bridgehead atoms. The summed E-state index contributed by atoms with van der Waals surface area (Å²) in [4.78, 5) is 15.1. The van der Waals surface area contributed by atoms with Crippen molar-refractivity contribution < 1.29 is 9.52 Å². The molecule has 5 heteroatoms. The van der Waals surface area contributed by atoms with Crippen LogP contribution in [-0.4, -0.2) is 23.1 Å². The van der Waals surface area contributed by atoms with Crippen LogP contribution in [0.1, 0.15) is 30.4 Å². The maximum Gasteiger partial charge on any atom is 0.344 e. The maximum atomic E-state index is 12.8. The summed E-state index contributed by atoms with van der Waals surface area (Å²) in [6.45, 7) is 4.51. The van der Waals surface area contributed by atoms with Gasteiger partial charge in [0.05, 0.1) is 11.1 Å². The fraction of sp³-hybridized carbons (Fsp3) is 0.318. The third-order valence-corrected chi connectivity index (χ3v) is 5.63. The summed E-state index contributed by atoms with van der Waals surface area (Å²) in [6.07, 6.45) is 3.57. The summed E-state index contributed by atoms with van der Waals surface area (Å²) in [7, 11) is 0. The van der Waals surface area contributed by atoms with E-state index in [1.165, 1.54) is 6.42 Å². The minimum absolute atomic E-state index is 0.176. The molecular formula is C22H22ClNO3. The molecule has 1 aromatic heterocycles. The fourth-order valence-electron chi connectivity index (χ4n) is 3.91. The summed E-state index contributed by atoms with van der Waals surface area (Å²) < 4.78 is 5.74. The van der Waals surface area contributed by atoms with Crippen molar-refractivity contribution in [1.82, 2.24) is 4.90 Å². The predicted octanol–water partition coefficient (Wildman–Crippen LogP) is 5.11. The van der Waals surface area contributed by atoms with Crippen LogP contribution in [0.25, 0.3) is 22.1 Å². The molecule has 0 radical (unpaired) electrons.